The molecule has 298 valence electrons. The smallest absolute Gasteiger partial charge is 0.240 e. The first-order valence-corrected chi connectivity index (χ1v) is 21.6. The zero-order valence-electron chi connectivity index (χ0n) is 34.3. The minimum atomic E-state index is 0.537. The van der Waals surface area contributed by atoms with Gasteiger partial charge in [0, 0.05) is 54.3 Å². The summed E-state index contributed by atoms with van der Waals surface area (Å²) in [4.78, 5) is 16.7. The molecule has 5 heterocycles. The van der Waals surface area contributed by atoms with Crippen LogP contribution in [-0.2, 0) is 0 Å². The number of aromatic nitrogens is 7. The SMILES string of the molecule is c1ccc2c(c1)c1ccccc1n2-c1ccc(-n2c3ccccc3c3ccccc32)c(-c2nc(-n3c4ccccc4c4ccccc43)nc(-n3c4ccccc4c4ccccc43)n2)c1. The van der Waals surface area contributed by atoms with E-state index in [-0.39, 0.29) is 0 Å². The third kappa shape index (κ3) is 4.89. The summed E-state index contributed by atoms with van der Waals surface area (Å²) >= 11 is 0. The van der Waals surface area contributed by atoms with Crippen molar-refractivity contribution in [2.45, 2.75) is 0 Å². The number of para-hydroxylation sites is 8. The molecule has 0 bridgehead atoms. The van der Waals surface area contributed by atoms with E-state index in [9.17, 15) is 0 Å². The standard InChI is InChI=1S/C57H35N7/c1-9-25-46-37(17-1)38-18-2-10-26-47(38)61(46)36-33-34-54(62-48-27-11-3-19-39(48)40-20-4-12-28-49(40)62)45(35-36)55-58-56(63-50-29-13-5-21-41(50)42-22-6-14-30-51(42)63)60-57(59-55)64-52-31-15-7-23-43(52)44-24-8-16-32-53(44)64/h1-35H. The summed E-state index contributed by atoms with van der Waals surface area (Å²) in [6, 6.07) is 75.5. The third-order valence-electron chi connectivity index (χ3n) is 13.1. The van der Waals surface area contributed by atoms with Crippen LogP contribution in [0, 0.1) is 0 Å². The molecule has 0 spiro atoms. The molecule has 0 N–H and O–H groups in total. The maximum atomic E-state index is 5.60. The van der Waals surface area contributed by atoms with E-state index in [0.717, 1.165) is 82.6 Å². The number of hydrogen-bond acceptors (Lipinski definition) is 3. The van der Waals surface area contributed by atoms with Crippen LogP contribution >= 0.6 is 0 Å². The summed E-state index contributed by atoms with van der Waals surface area (Å²) in [5, 5.41) is 9.32. The molecule has 0 aliphatic heterocycles. The fraction of sp³-hybridized carbons (Fsp3) is 0. The molecule has 14 rings (SSSR count). The Balaban J connectivity index is 1.15. The first kappa shape index (κ1) is 34.9. The molecule has 7 nitrogen and oxygen atoms in total. The van der Waals surface area contributed by atoms with Crippen LogP contribution in [0.3, 0.4) is 0 Å². The lowest BCUT2D eigenvalue weighted by atomic mass is 10.1. The van der Waals surface area contributed by atoms with E-state index in [4.69, 9.17) is 15.0 Å². The summed E-state index contributed by atoms with van der Waals surface area (Å²) in [5.74, 6) is 1.63. The third-order valence-corrected chi connectivity index (χ3v) is 13.1. The Bertz CT molecular complexity index is 3870. The Morgan fingerprint density at radius 2 is 0.531 bits per heavy atom. The van der Waals surface area contributed by atoms with E-state index in [1.54, 1.807) is 0 Å². The first-order chi connectivity index (χ1) is 31.8. The molecule has 64 heavy (non-hydrogen) atoms. The Kier molecular flexibility index (Phi) is 7.27. The van der Waals surface area contributed by atoms with Crippen LogP contribution in [0.4, 0.5) is 0 Å². The molecule has 5 aromatic heterocycles. The Hall–Kier alpha value is -8.81. The van der Waals surface area contributed by atoms with Crippen LogP contribution in [0.2, 0.25) is 0 Å². The highest BCUT2D eigenvalue weighted by molar-refractivity contribution is 6.12. The van der Waals surface area contributed by atoms with Gasteiger partial charge in [-0.3, -0.25) is 9.13 Å². The largest absolute Gasteiger partial charge is 0.309 e. The van der Waals surface area contributed by atoms with E-state index in [1.165, 1.54) is 21.5 Å². The summed E-state index contributed by atoms with van der Waals surface area (Å²) in [6.45, 7) is 0. The van der Waals surface area contributed by atoms with Crippen molar-refractivity contribution in [3.63, 3.8) is 0 Å². The van der Waals surface area contributed by atoms with Gasteiger partial charge in [0.1, 0.15) is 0 Å². The molecule has 7 heteroatoms. The van der Waals surface area contributed by atoms with Crippen molar-refractivity contribution in [3.8, 4) is 34.7 Å². The van der Waals surface area contributed by atoms with Gasteiger partial charge < -0.3 is 9.13 Å². The second-order valence-electron chi connectivity index (χ2n) is 16.4. The van der Waals surface area contributed by atoms with Crippen molar-refractivity contribution < 1.29 is 0 Å². The summed E-state index contributed by atoms with van der Waals surface area (Å²) < 4.78 is 9.14. The van der Waals surface area contributed by atoms with Crippen molar-refractivity contribution in [2.24, 2.45) is 0 Å². The summed E-state index contributed by atoms with van der Waals surface area (Å²) in [6.07, 6.45) is 0. The predicted octanol–water partition coefficient (Wildman–Crippen LogP) is 13.9. The van der Waals surface area contributed by atoms with Gasteiger partial charge in [-0.1, -0.05) is 146 Å². The number of nitrogens with zero attached hydrogens (tertiary/aromatic N) is 7. The van der Waals surface area contributed by atoms with Crippen LogP contribution in [0.5, 0.6) is 0 Å². The van der Waals surface area contributed by atoms with E-state index < -0.39 is 0 Å². The lowest BCUT2D eigenvalue weighted by Crippen LogP contribution is -2.11. The number of fused-ring (bicyclic) bond motifs is 12. The Morgan fingerprint density at radius 3 is 0.859 bits per heavy atom. The van der Waals surface area contributed by atoms with Crippen molar-refractivity contribution >= 4 is 87.2 Å². The maximum Gasteiger partial charge on any atom is 0.240 e. The van der Waals surface area contributed by atoms with Gasteiger partial charge in [0.25, 0.3) is 0 Å². The quantitative estimate of drug-likeness (QED) is 0.174. The molecular formula is C57H35N7. The molecule has 0 saturated heterocycles. The molecule has 0 fully saturated rings. The van der Waals surface area contributed by atoms with E-state index in [0.29, 0.717) is 17.7 Å². The maximum absolute atomic E-state index is 5.60. The molecule has 0 radical (unpaired) electrons. The monoisotopic (exact) mass is 817 g/mol. The Morgan fingerprint density at radius 1 is 0.250 bits per heavy atom. The lowest BCUT2D eigenvalue weighted by molar-refractivity contribution is 0.891. The van der Waals surface area contributed by atoms with Crippen LogP contribution in [0.25, 0.3) is 122 Å². The second-order valence-corrected chi connectivity index (χ2v) is 16.4. The van der Waals surface area contributed by atoms with E-state index in [1.807, 2.05) is 0 Å². The van der Waals surface area contributed by atoms with Crippen molar-refractivity contribution in [1.29, 1.82) is 0 Å². The van der Waals surface area contributed by atoms with Crippen LogP contribution < -0.4 is 0 Å². The minimum Gasteiger partial charge on any atom is -0.309 e. The fourth-order valence-corrected chi connectivity index (χ4v) is 10.4. The van der Waals surface area contributed by atoms with Crippen molar-refractivity contribution in [2.75, 3.05) is 0 Å². The van der Waals surface area contributed by atoms with Crippen LogP contribution in [-0.4, -0.2) is 33.2 Å². The topological polar surface area (TPSA) is 58.4 Å². The molecule has 0 amide bonds. The van der Waals surface area contributed by atoms with Gasteiger partial charge in [-0.15, -0.1) is 0 Å². The Labute approximate surface area is 366 Å². The zero-order valence-corrected chi connectivity index (χ0v) is 34.3. The fourth-order valence-electron chi connectivity index (χ4n) is 10.4. The first-order valence-electron chi connectivity index (χ1n) is 21.6. The van der Waals surface area contributed by atoms with Gasteiger partial charge in [0.05, 0.1) is 49.8 Å². The average Bonchev–Trinajstić information content (AvgIpc) is 4.09. The molecule has 0 atom stereocenters. The number of hydrogen-bond donors (Lipinski definition) is 0. The summed E-state index contributed by atoms with van der Waals surface area (Å²) in [5.41, 5.74) is 11.4. The van der Waals surface area contributed by atoms with Gasteiger partial charge in [-0.05, 0) is 66.7 Å². The molecule has 0 saturated carbocycles. The van der Waals surface area contributed by atoms with Crippen molar-refractivity contribution in [1.82, 2.24) is 33.2 Å². The molecular weight excluding hydrogens is 783 g/mol. The normalized spacial score (nSPS) is 12.1. The van der Waals surface area contributed by atoms with Gasteiger partial charge in [-0.25, -0.2) is 0 Å². The van der Waals surface area contributed by atoms with E-state index >= 15 is 0 Å². The number of rotatable bonds is 5. The molecule has 14 aromatic rings. The van der Waals surface area contributed by atoms with Gasteiger partial charge >= 0.3 is 0 Å². The average molecular weight is 818 g/mol. The summed E-state index contributed by atoms with van der Waals surface area (Å²) in [7, 11) is 0. The molecule has 0 aliphatic rings. The van der Waals surface area contributed by atoms with Crippen LogP contribution in [0.15, 0.2) is 212 Å². The highest BCUT2D eigenvalue weighted by atomic mass is 15.3. The lowest BCUT2D eigenvalue weighted by Gasteiger charge is -2.18. The van der Waals surface area contributed by atoms with Gasteiger partial charge in [0.2, 0.25) is 11.9 Å². The predicted molar refractivity (Wildman–Crippen MR) is 263 cm³/mol. The second kappa shape index (κ2) is 13.3. The molecule has 9 aromatic carbocycles. The van der Waals surface area contributed by atoms with E-state index in [2.05, 4.69) is 231 Å². The number of benzene rings is 9. The van der Waals surface area contributed by atoms with Gasteiger partial charge in [-0.2, -0.15) is 15.0 Å². The molecule has 0 unspecified atom stereocenters. The molecule has 0 aliphatic carbocycles. The van der Waals surface area contributed by atoms with Crippen LogP contribution in [0.1, 0.15) is 0 Å². The van der Waals surface area contributed by atoms with Crippen molar-refractivity contribution in [3.05, 3.63) is 212 Å². The van der Waals surface area contributed by atoms with Gasteiger partial charge in [0.15, 0.2) is 5.82 Å². The highest BCUT2D eigenvalue weighted by Gasteiger charge is 2.24. The highest BCUT2D eigenvalue weighted by Crippen LogP contribution is 2.40. The minimum absolute atomic E-state index is 0.537. The zero-order chi connectivity index (χ0) is 41.9.